The molecule has 0 aliphatic heterocycles. The van der Waals surface area contributed by atoms with Crippen LogP contribution in [0.25, 0.3) is 0 Å². The number of hydrogen-bond donors (Lipinski definition) is 0. The Kier molecular flexibility index (Phi) is 5.07. The van der Waals surface area contributed by atoms with Crippen molar-refractivity contribution in [2.24, 2.45) is 0 Å². The molecule has 0 saturated heterocycles. The minimum absolute atomic E-state index is 0.392. The molecule has 1 atom stereocenters. The first-order valence-electron chi connectivity index (χ1n) is 3.95. The van der Waals surface area contributed by atoms with Crippen LogP contribution in [0.15, 0.2) is 0 Å². The van der Waals surface area contributed by atoms with Gasteiger partial charge in [0.1, 0.15) is 0 Å². The molecule has 0 bridgehead atoms. The van der Waals surface area contributed by atoms with Gasteiger partial charge in [-0.15, -0.1) is 0 Å². The third kappa shape index (κ3) is 3.41. The second-order valence-corrected chi connectivity index (χ2v) is 6.20. The smallest absolute Gasteiger partial charge is 0.0877 e. The molecule has 0 heterocycles. The highest BCUT2D eigenvalue weighted by Crippen LogP contribution is 2.44. The highest BCUT2D eigenvalue weighted by Gasteiger charge is 2.14. The zero-order valence-electron chi connectivity index (χ0n) is 6.97. The van der Waals surface area contributed by atoms with Gasteiger partial charge in [0.2, 0.25) is 0 Å². The van der Waals surface area contributed by atoms with Crippen molar-refractivity contribution in [3.05, 3.63) is 6.92 Å². The van der Waals surface area contributed by atoms with Gasteiger partial charge in [-0.1, -0.05) is 20.3 Å². The maximum Gasteiger partial charge on any atom is 0.0877 e. The molecule has 0 aliphatic carbocycles. The predicted octanol–water partition coefficient (Wildman–Crippen LogP) is 2.88. The topological polar surface area (TPSA) is 17.1 Å². The second kappa shape index (κ2) is 4.96. The van der Waals surface area contributed by atoms with Crippen molar-refractivity contribution in [1.82, 2.24) is 0 Å². The zero-order valence-corrected chi connectivity index (χ0v) is 7.86. The monoisotopic (exact) mass is 160 g/mol. The van der Waals surface area contributed by atoms with E-state index >= 15 is 0 Å². The molecule has 0 rings (SSSR count). The van der Waals surface area contributed by atoms with Crippen molar-refractivity contribution in [1.29, 1.82) is 0 Å². The molecular formula is C8H17OP. The van der Waals surface area contributed by atoms with E-state index in [2.05, 4.69) is 6.92 Å². The van der Waals surface area contributed by atoms with Crippen molar-refractivity contribution >= 4 is 7.14 Å². The fourth-order valence-electron chi connectivity index (χ4n) is 0.825. The van der Waals surface area contributed by atoms with Gasteiger partial charge in [-0.3, -0.25) is 0 Å². The van der Waals surface area contributed by atoms with Crippen LogP contribution in [0.2, 0.25) is 0 Å². The predicted molar refractivity (Wildman–Crippen MR) is 47.1 cm³/mol. The Morgan fingerprint density at radius 3 is 2.30 bits per heavy atom. The fraction of sp³-hybridized carbons (Fsp3) is 0.875. The van der Waals surface area contributed by atoms with E-state index < -0.39 is 7.14 Å². The lowest BCUT2D eigenvalue weighted by Gasteiger charge is -2.12. The van der Waals surface area contributed by atoms with Gasteiger partial charge in [0.15, 0.2) is 0 Å². The molecular weight excluding hydrogens is 143 g/mol. The Balaban J connectivity index is 3.70. The largest absolute Gasteiger partial charge is 0.324 e. The van der Waals surface area contributed by atoms with Crippen LogP contribution in [0.1, 0.15) is 26.7 Å². The minimum atomic E-state index is -1.92. The van der Waals surface area contributed by atoms with Crippen molar-refractivity contribution in [3.63, 3.8) is 0 Å². The molecule has 0 aromatic heterocycles. The maximum atomic E-state index is 11.6. The van der Waals surface area contributed by atoms with Crippen molar-refractivity contribution in [2.45, 2.75) is 26.7 Å². The maximum absolute atomic E-state index is 11.6. The summed E-state index contributed by atoms with van der Waals surface area (Å²) in [4.78, 5) is 0. The van der Waals surface area contributed by atoms with E-state index in [-0.39, 0.29) is 0 Å². The van der Waals surface area contributed by atoms with Crippen LogP contribution in [0.5, 0.6) is 0 Å². The molecule has 0 N–H and O–H groups in total. The SMILES string of the molecule is [CH]CP(=O)(CC)CCCC. The van der Waals surface area contributed by atoms with E-state index in [1.165, 1.54) is 0 Å². The van der Waals surface area contributed by atoms with Crippen LogP contribution in [-0.2, 0) is 4.57 Å². The van der Waals surface area contributed by atoms with Crippen molar-refractivity contribution in [2.75, 3.05) is 18.5 Å². The van der Waals surface area contributed by atoms with Gasteiger partial charge < -0.3 is 4.57 Å². The molecule has 1 nitrogen and oxygen atoms in total. The highest BCUT2D eigenvalue weighted by atomic mass is 31.2. The van der Waals surface area contributed by atoms with Gasteiger partial charge in [-0.2, -0.15) is 0 Å². The fourth-order valence-corrected chi connectivity index (χ4v) is 2.47. The summed E-state index contributed by atoms with van der Waals surface area (Å²) >= 11 is 0. The summed E-state index contributed by atoms with van der Waals surface area (Å²) in [6.45, 7) is 9.46. The number of rotatable bonds is 5. The van der Waals surface area contributed by atoms with Gasteiger partial charge in [-0.25, -0.2) is 0 Å². The van der Waals surface area contributed by atoms with Gasteiger partial charge >= 0.3 is 0 Å². The lowest BCUT2D eigenvalue weighted by molar-refractivity contribution is 0.575. The molecule has 0 aliphatic rings. The van der Waals surface area contributed by atoms with Gasteiger partial charge in [0, 0.05) is 12.3 Å². The van der Waals surface area contributed by atoms with Crippen molar-refractivity contribution < 1.29 is 4.57 Å². The standard InChI is InChI=1S/C8H17OP/c1-4-7-8-10(9,5-2)6-3/h2H,4-8H2,1,3H3. The average molecular weight is 160 g/mol. The van der Waals surface area contributed by atoms with E-state index in [1.54, 1.807) is 0 Å². The van der Waals surface area contributed by atoms with E-state index in [9.17, 15) is 4.57 Å². The van der Waals surface area contributed by atoms with Crippen LogP contribution in [0.3, 0.4) is 0 Å². The highest BCUT2D eigenvalue weighted by molar-refractivity contribution is 7.63. The molecule has 0 spiro atoms. The first kappa shape index (κ1) is 10.2. The second-order valence-electron chi connectivity index (χ2n) is 2.63. The zero-order chi connectivity index (χ0) is 8.04. The first-order valence-corrected chi connectivity index (χ1v) is 6.22. The number of unbranched alkanes of at least 4 members (excludes halogenated alkanes) is 1. The van der Waals surface area contributed by atoms with Gasteiger partial charge in [-0.05, 0) is 19.5 Å². The molecule has 0 fully saturated rings. The first-order chi connectivity index (χ1) is 4.68. The Morgan fingerprint density at radius 1 is 1.40 bits per heavy atom. The summed E-state index contributed by atoms with van der Waals surface area (Å²) in [5.41, 5.74) is 0. The molecule has 60 valence electrons. The molecule has 0 amide bonds. The van der Waals surface area contributed by atoms with E-state index in [1.807, 2.05) is 6.92 Å². The summed E-state index contributed by atoms with van der Waals surface area (Å²) < 4.78 is 11.6. The normalized spacial score (nSPS) is 11.9. The molecule has 2 heteroatoms. The van der Waals surface area contributed by atoms with Gasteiger partial charge in [0.05, 0.1) is 7.14 Å². The average Bonchev–Trinajstić information content (AvgIpc) is 2.00. The Morgan fingerprint density at radius 2 is 2.00 bits per heavy atom. The van der Waals surface area contributed by atoms with Gasteiger partial charge in [0.25, 0.3) is 0 Å². The van der Waals surface area contributed by atoms with E-state index in [0.29, 0.717) is 6.16 Å². The van der Waals surface area contributed by atoms with Crippen LogP contribution in [-0.4, -0.2) is 18.5 Å². The third-order valence-electron chi connectivity index (χ3n) is 1.83. The lowest BCUT2D eigenvalue weighted by Crippen LogP contribution is -1.94. The van der Waals surface area contributed by atoms with E-state index in [0.717, 1.165) is 25.2 Å². The summed E-state index contributed by atoms with van der Waals surface area (Å²) in [6.07, 6.45) is 4.18. The Bertz CT molecular complexity index is 112. The third-order valence-corrected chi connectivity index (χ3v) is 4.78. The van der Waals surface area contributed by atoms with E-state index in [4.69, 9.17) is 6.92 Å². The van der Waals surface area contributed by atoms with Crippen LogP contribution < -0.4 is 0 Å². The molecule has 2 radical (unpaired) electrons. The summed E-state index contributed by atoms with van der Waals surface area (Å²) in [7, 11) is -1.92. The minimum Gasteiger partial charge on any atom is -0.324 e. The molecule has 1 unspecified atom stereocenters. The molecule has 0 aromatic carbocycles. The van der Waals surface area contributed by atoms with Crippen LogP contribution in [0.4, 0.5) is 0 Å². The molecule has 10 heavy (non-hydrogen) atoms. The summed E-state index contributed by atoms with van der Waals surface area (Å²) in [5, 5.41) is 0. The number of hydrogen-bond acceptors (Lipinski definition) is 1. The Hall–Kier alpha value is 0.230. The summed E-state index contributed by atoms with van der Waals surface area (Å²) in [5.74, 6) is 0. The van der Waals surface area contributed by atoms with Crippen LogP contribution >= 0.6 is 7.14 Å². The van der Waals surface area contributed by atoms with Crippen molar-refractivity contribution in [3.8, 4) is 0 Å². The lowest BCUT2D eigenvalue weighted by atomic mass is 10.4. The molecule has 0 aromatic rings. The van der Waals surface area contributed by atoms with Crippen LogP contribution in [0, 0.1) is 6.92 Å². The quantitative estimate of drug-likeness (QED) is 0.565. The summed E-state index contributed by atoms with van der Waals surface area (Å²) in [6, 6.07) is 0. The molecule has 0 saturated carbocycles. The Labute approximate surface area is 64.6 Å².